The van der Waals surface area contributed by atoms with E-state index < -0.39 is 35.3 Å². The van der Waals surface area contributed by atoms with E-state index in [1.54, 1.807) is 56.3 Å². The number of ether oxygens (including phenoxy) is 2. The largest absolute Gasteiger partial charge is 0.478 e. The Morgan fingerprint density at radius 3 is 2.17 bits per heavy atom. The maximum Gasteiger partial charge on any atom is 0.416 e. The Balaban J connectivity index is 1.68. The Labute approximate surface area is 206 Å². The van der Waals surface area contributed by atoms with Gasteiger partial charge in [-0.25, -0.2) is 4.79 Å². The van der Waals surface area contributed by atoms with Crippen molar-refractivity contribution in [2.45, 2.75) is 45.5 Å². The molecule has 0 spiro atoms. The van der Waals surface area contributed by atoms with Crippen molar-refractivity contribution in [3.05, 3.63) is 89.0 Å². The molecule has 6 nitrogen and oxygen atoms in total. The standard InChI is InChI=1S/C27H26F3NO5/c1-16-14-22(12-13-23(16)36-26(3,4)25(33)34)35-21-7-5-6-19(15-21)24(32)31-17(2)18-8-10-20(11-9-18)27(28,29)30/h5-15,17H,1-4H3,(H,31,32)(H,33,34). The van der Waals surface area contributed by atoms with E-state index in [1.807, 2.05) is 0 Å². The summed E-state index contributed by atoms with van der Waals surface area (Å²) in [7, 11) is 0. The van der Waals surface area contributed by atoms with E-state index >= 15 is 0 Å². The average molecular weight is 502 g/mol. The maximum absolute atomic E-state index is 12.8. The number of aryl methyl sites for hydroxylation is 1. The lowest BCUT2D eigenvalue weighted by atomic mass is 10.1. The average Bonchev–Trinajstić information content (AvgIpc) is 2.80. The van der Waals surface area contributed by atoms with E-state index in [-0.39, 0.29) is 0 Å². The van der Waals surface area contributed by atoms with Crippen LogP contribution in [0.25, 0.3) is 0 Å². The van der Waals surface area contributed by atoms with Crippen molar-refractivity contribution in [2.75, 3.05) is 0 Å². The second kappa shape index (κ2) is 10.3. The minimum Gasteiger partial charge on any atom is -0.478 e. The van der Waals surface area contributed by atoms with Crippen LogP contribution in [0.4, 0.5) is 13.2 Å². The van der Waals surface area contributed by atoms with Gasteiger partial charge in [-0.2, -0.15) is 13.2 Å². The van der Waals surface area contributed by atoms with E-state index in [0.717, 1.165) is 12.1 Å². The molecule has 0 aliphatic rings. The topological polar surface area (TPSA) is 84.9 Å². The monoisotopic (exact) mass is 501 g/mol. The van der Waals surface area contributed by atoms with Gasteiger partial charge in [-0.3, -0.25) is 4.79 Å². The zero-order valence-corrected chi connectivity index (χ0v) is 20.1. The second-order valence-electron chi connectivity index (χ2n) is 8.79. The fourth-order valence-corrected chi connectivity index (χ4v) is 3.28. The zero-order valence-electron chi connectivity index (χ0n) is 20.1. The van der Waals surface area contributed by atoms with Crippen LogP contribution in [0.2, 0.25) is 0 Å². The molecule has 0 fully saturated rings. The van der Waals surface area contributed by atoms with Crippen LogP contribution in [0.1, 0.15) is 53.9 Å². The fourth-order valence-electron chi connectivity index (χ4n) is 3.28. The first-order valence-corrected chi connectivity index (χ1v) is 11.1. The molecule has 0 heterocycles. The Hall–Kier alpha value is -4.01. The molecule has 0 aliphatic carbocycles. The zero-order chi connectivity index (χ0) is 26.7. The van der Waals surface area contributed by atoms with Crippen molar-refractivity contribution in [2.24, 2.45) is 0 Å². The third-order valence-electron chi connectivity index (χ3n) is 5.44. The summed E-state index contributed by atoms with van der Waals surface area (Å²) in [6.07, 6.45) is -4.42. The number of aliphatic carboxylic acids is 1. The summed E-state index contributed by atoms with van der Waals surface area (Å²) in [5.74, 6) is -0.249. The molecule has 1 atom stereocenters. The number of halogens is 3. The summed E-state index contributed by atoms with van der Waals surface area (Å²) in [5.41, 5.74) is -0.637. The number of hydrogen-bond acceptors (Lipinski definition) is 4. The molecule has 0 radical (unpaired) electrons. The highest BCUT2D eigenvalue weighted by Gasteiger charge is 2.31. The van der Waals surface area contributed by atoms with E-state index in [4.69, 9.17) is 9.47 Å². The summed E-state index contributed by atoms with van der Waals surface area (Å²) in [6.45, 7) is 6.34. The molecule has 9 heteroatoms. The van der Waals surface area contributed by atoms with Crippen molar-refractivity contribution in [3.8, 4) is 17.2 Å². The molecular weight excluding hydrogens is 475 g/mol. The van der Waals surface area contributed by atoms with Crippen molar-refractivity contribution in [1.29, 1.82) is 0 Å². The molecule has 36 heavy (non-hydrogen) atoms. The molecule has 0 aromatic heterocycles. The number of carbonyl (C=O) groups is 2. The second-order valence-corrected chi connectivity index (χ2v) is 8.79. The van der Waals surface area contributed by atoms with Gasteiger partial charge in [0.1, 0.15) is 17.2 Å². The van der Waals surface area contributed by atoms with E-state index in [1.165, 1.54) is 26.0 Å². The minimum atomic E-state index is -4.42. The van der Waals surface area contributed by atoms with E-state index in [2.05, 4.69) is 5.32 Å². The Bertz CT molecular complexity index is 1250. The van der Waals surface area contributed by atoms with Crippen molar-refractivity contribution in [1.82, 2.24) is 5.32 Å². The maximum atomic E-state index is 12.8. The lowest BCUT2D eigenvalue weighted by molar-refractivity contribution is -0.152. The molecule has 0 bridgehead atoms. The smallest absolute Gasteiger partial charge is 0.416 e. The number of amides is 1. The van der Waals surface area contributed by atoms with Crippen LogP contribution in [-0.2, 0) is 11.0 Å². The highest BCUT2D eigenvalue weighted by atomic mass is 19.4. The summed E-state index contributed by atoms with van der Waals surface area (Å²) >= 11 is 0. The number of alkyl halides is 3. The fraction of sp³-hybridized carbons (Fsp3) is 0.259. The van der Waals surface area contributed by atoms with Crippen molar-refractivity contribution >= 4 is 11.9 Å². The molecule has 3 aromatic carbocycles. The summed E-state index contributed by atoms with van der Waals surface area (Å²) < 4.78 is 49.8. The Kier molecular flexibility index (Phi) is 7.62. The molecule has 3 aromatic rings. The van der Waals surface area contributed by atoms with Crippen LogP contribution in [0.15, 0.2) is 66.7 Å². The molecular formula is C27H26F3NO5. The van der Waals surface area contributed by atoms with Gasteiger partial charge in [0, 0.05) is 5.56 Å². The van der Waals surface area contributed by atoms with Crippen molar-refractivity contribution in [3.63, 3.8) is 0 Å². The van der Waals surface area contributed by atoms with Gasteiger partial charge in [0.15, 0.2) is 5.60 Å². The van der Waals surface area contributed by atoms with Gasteiger partial charge in [0.05, 0.1) is 11.6 Å². The van der Waals surface area contributed by atoms with Crippen LogP contribution >= 0.6 is 0 Å². The molecule has 190 valence electrons. The van der Waals surface area contributed by atoms with Crippen LogP contribution in [0.5, 0.6) is 17.2 Å². The normalized spacial score (nSPS) is 12.5. The first-order chi connectivity index (χ1) is 16.8. The molecule has 2 N–H and O–H groups in total. The predicted molar refractivity (Wildman–Crippen MR) is 127 cm³/mol. The van der Waals surface area contributed by atoms with Crippen molar-refractivity contribution < 1.29 is 37.3 Å². The van der Waals surface area contributed by atoms with Gasteiger partial charge in [-0.1, -0.05) is 18.2 Å². The number of carbonyl (C=O) groups excluding carboxylic acids is 1. The number of nitrogens with one attached hydrogen (secondary N) is 1. The SMILES string of the molecule is Cc1cc(Oc2cccc(C(=O)NC(C)c3ccc(C(F)(F)F)cc3)c2)ccc1OC(C)(C)C(=O)O. The summed E-state index contributed by atoms with van der Waals surface area (Å²) in [5, 5.41) is 12.0. The van der Waals surface area contributed by atoms with Crippen LogP contribution in [0, 0.1) is 6.92 Å². The molecule has 0 saturated heterocycles. The van der Waals surface area contributed by atoms with Gasteiger partial charge in [0.2, 0.25) is 0 Å². The first kappa shape index (κ1) is 26.6. The highest BCUT2D eigenvalue weighted by molar-refractivity contribution is 5.94. The predicted octanol–water partition coefficient (Wildman–Crippen LogP) is 6.54. The number of carboxylic acids is 1. The Morgan fingerprint density at radius 2 is 1.58 bits per heavy atom. The molecule has 0 saturated carbocycles. The molecule has 0 aliphatic heterocycles. The van der Waals surface area contributed by atoms with Gasteiger partial charge in [0.25, 0.3) is 5.91 Å². The highest BCUT2D eigenvalue weighted by Crippen LogP contribution is 2.31. The number of hydrogen-bond donors (Lipinski definition) is 2. The summed E-state index contributed by atoms with van der Waals surface area (Å²) in [4.78, 5) is 24.0. The summed E-state index contributed by atoms with van der Waals surface area (Å²) in [6, 6.07) is 15.5. The van der Waals surface area contributed by atoms with Crippen LogP contribution < -0.4 is 14.8 Å². The van der Waals surface area contributed by atoms with E-state index in [9.17, 15) is 27.9 Å². The molecule has 3 rings (SSSR count). The van der Waals surface area contributed by atoms with Gasteiger partial charge < -0.3 is 19.9 Å². The Morgan fingerprint density at radius 1 is 0.944 bits per heavy atom. The minimum absolute atomic E-state index is 0.311. The first-order valence-electron chi connectivity index (χ1n) is 11.1. The van der Waals surface area contributed by atoms with E-state index in [0.29, 0.717) is 33.9 Å². The van der Waals surface area contributed by atoms with Crippen LogP contribution in [-0.4, -0.2) is 22.6 Å². The molecule has 1 unspecified atom stereocenters. The number of benzene rings is 3. The van der Waals surface area contributed by atoms with Crippen LogP contribution in [0.3, 0.4) is 0 Å². The lowest BCUT2D eigenvalue weighted by Crippen LogP contribution is -2.38. The van der Waals surface area contributed by atoms with Gasteiger partial charge in [-0.05, 0) is 87.4 Å². The third-order valence-corrected chi connectivity index (χ3v) is 5.44. The molecule has 1 amide bonds. The third kappa shape index (κ3) is 6.56. The quantitative estimate of drug-likeness (QED) is 0.366. The lowest BCUT2D eigenvalue weighted by Gasteiger charge is -2.23. The van der Waals surface area contributed by atoms with Gasteiger partial charge >= 0.3 is 12.1 Å². The number of carboxylic acid groups (broad SMARTS) is 1. The van der Waals surface area contributed by atoms with Gasteiger partial charge in [-0.15, -0.1) is 0 Å². The number of rotatable bonds is 8.